The number of ether oxygens (including phenoxy) is 2. The van der Waals surface area contributed by atoms with E-state index in [2.05, 4.69) is 0 Å². The third kappa shape index (κ3) is 2.13. The summed E-state index contributed by atoms with van der Waals surface area (Å²) in [5.74, 6) is -2.39. The van der Waals surface area contributed by atoms with E-state index < -0.39 is 17.7 Å². The van der Waals surface area contributed by atoms with Gasteiger partial charge in [-0.3, -0.25) is 0 Å². The van der Waals surface area contributed by atoms with Gasteiger partial charge in [-0.1, -0.05) is 49.4 Å². The molecule has 0 fully saturated rings. The minimum atomic E-state index is -1.38. The van der Waals surface area contributed by atoms with Crippen LogP contribution >= 0.6 is 0 Å². The Hall–Kier alpha value is -2.49. The van der Waals surface area contributed by atoms with Gasteiger partial charge in [0.25, 0.3) is 5.79 Å². The van der Waals surface area contributed by atoms with Crippen LogP contribution in [0.2, 0.25) is 0 Å². The average Bonchev–Trinajstić information content (AvgIpc) is 2.88. The number of carbonyl (C=O) groups is 1. The first-order valence-corrected chi connectivity index (χ1v) is 6.91. The number of hydrogen-bond acceptors (Lipinski definition) is 4. The molecule has 0 spiro atoms. The first-order valence-electron chi connectivity index (χ1n) is 6.91. The summed E-state index contributed by atoms with van der Waals surface area (Å²) in [7, 11) is 0. The number of carboxylic acids is 1. The third-order valence-corrected chi connectivity index (χ3v) is 3.70. The lowest BCUT2D eigenvalue weighted by Gasteiger charge is -2.35. The van der Waals surface area contributed by atoms with Crippen molar-refractivity contribution in [3.05, 3.63) is 60.2 Å². The minimum Gasteiger partial charge on any atom is -0.550 e. The molecule has 1 atom stereocenters. The van der Waals surface area contributed by atoms with Crippen LogP contribution < -0.4 is 14.6 Å². The quantitative estimate of drug-likeness (QED) is 0.862. The molecule has 0 N–H and O–H groups in total. The molecular weight excluding hydrogens is 268 g/mol. The topological polar surface area (TPSA) is 58.6 Å². The predicted molar refractivity (Wildman–Crippen MR) is 74.6 cm³/mol. The molecule has 0 saturated heterocycles. The standard InChI is InChI=1S/C17H16O4/c1-2-13(16(18)19)17(12-8-4-3-5-9-12)20-14-10-6-7-11-15(14)21-17/h3-11,13H,2H2,1H3,(H,18,19)/p-1. The molecule has 1 unspecified atom stereocenters. The minimum absolute atomic E-state index is 0.339. The Morgan fingerprint density at radius 3 is 2.05 bits per heavy atom. The van der Waals surface area contributed by atoms with Crippen molar-refractivity contribution in [2.45, 2.75) is 19.1 Å². The molecule has 0 saturated carbocycles. The number of para-hydroxylation sites is 2. The highest BCUT2D eigenvalue weighted by Gasteiger charge is 2.50. The smallest absolute Gasteiger partial charge is 0.286 e. The van der Waals surface area contributed by atoms with Crippen LogP contribution in [0.1, 0.15) is 18.9 Å². The van der Waals surface area contributed by atoms with E-state index in [0.29, 0.717) is 23.5 Å². The van der Waals surface area contributed by atoms with E-state index in [1.165, 1.54) is 0 Å². The van der Waals surface area contributed by atoms with Gasteiger partial charge < -0.3 is 19.4 Å². The van der Waals surface area contributed by atoms with E-state index >= 15 is 0 Å². The van der Waals surface area contributed by atoms with Crippen LogP contribution in [0.4, 0.5) is 0 Å². The van der Waals surface area contributed by atoms with E-state index in [9.17, 15) is 9.90 Å². The van der Waals surface area contributed by atoms with Crippen molar-refractivity contribution in [2.75, 3.05) is 0 Å². The zero-order valence-corrected chi connectivity index (χ0v) is 11.6. The molecular formula is C17H15O4-. The summed E-state index contributed by atoms with van der Waals surface area (Å²) in [5.41, 5.74) is 0.664. The molecule has 1 aliphatic heterocycles. The second-order valence-electron chi connectivity index (χ2n) is 4.96. The zero-order chi connectivity index (χ0) is 14.9. The summed E-state index contributed by atoms with van der Waals surface area (Å²) in [6.45, 7) is 1.78. The highest BCUT2D eigenvalue weighted by Crippen LogP contribution is 2.48. The van der Waals surface area contributed by atoms with Gasteiger partial charge in [-0.05, 0) is 18.6 Å². The maximum atomic E-state index is 11.6. The molecule has 4 heteroatoms. The van der Waals surface area contributed by atoms with Crippen molar-refractivity contribution in [3.63, 3.8) is 0 Å². The highest BCUT2D eigenvalue weighted by molar-refractivity contribution is 5.70. The first-order chi connectivity index (χ1) is 10.2. The first kappa shape index (κ1) is 13.5. The Morgan fingerprint density at radius 2 is 1.57 bits per heavy atom. The molecule has 1 heterocycles. The molecule has 3 rings (SSSR count). The largest absolute Gasteiger partial charge is 0.550 e. The van der Waals surface area contributed by atoms with E-state index in [0.717, 1.165) is 0 Å². The zero-order valence-electron chi connectivity index (χ0n) is 11.6. The normalized spacial score (nSPS) is 16.4. The molecule has 0 aliphatic carbocycles. The molecule has 0 aromatic heterocycles. The monoisotopic (exact) mass is 283 g/mol. The maximum Gasteiger partial charge on any atom is 0.286 e. The van der Waals surface area contributed by atoms with Crippen molar-refractivity contribution in [2.24, 2.45) is 5.92 Å². The van der Waals surface area contributed by atoms with Crippen LogP contribution in [0, 0.1) is 5.92 Å². The molecule has 108 valence electrons. The molecule has 4 nitrogen and oxygen atoms in total. The van der Waals surface area contributed by atoms with Gasteiger partial charge in [0.2, 0.25) is 0 Å². The van der Waals surface area contributed by atoms with Gasteiger partial charge in [-0.2, -0.15) is 0 Å². The van der Waals surface area contributed by atoms with Gasteiger partial charge in [0.1, 0.15) is 0 Å². The second-order valence-corrected chi connectivity index (χ2v) is 4.96. The lowest BCUT2D eigenvalue weighted by Crippen LogP contribution is -2.51. The van der Waals surface area contributed by atoms with Gasteiger partial charge in [0, 0.05) is 5.56 Å². The summed E-state index contributed by atoms with van der Waals surface area (Å²) >= 11 is 0. The van der Waals surface area contributed by atoms with Crippen LogP contribution in [0.15, 0.2) is 54.6 Å². The summed E-state index contributed by atoms with van der Waals surface area (Å²) in [5, 5.41) is 11.6. The highest BCUT2D eigenvalue weighted by atomic mass is 16.7. The van der Waals surface area contributed by atoms with Crippen LogP contribution in [0.3, 0.4) is 0 Å². The van der Waals surface area contributed by atoms with Crippen molar-refractivity contribution in [1.29, 1.82) is 0 Å². The lowest BCUT2D eigenvalue weighted by molar-refractivity contribution is -0.323. The second kappa shape index (κ2) is 5.13. The van der Waals surface area contributed by atoms with E-state index in [1.807, 2.05) is 30.3 Å². The Labute approximate surface area is 122 Å². The molecule has 21 heavy (non-hydrogen) atoms. The molecule has 2 aromatic rings. The van der Waals surface area contributed by atoms with Crippen molar-refractivity contribution < 1.29 is 19.4 Å². The Balaban J connectivity index is 2.12. The lowest BCUT2D eigenvalue weighted by atomic mass is 9.89. The SMILES string of the molecule is CCC(C(=O)[O-])C1(c2ccccc2)Oc2ccccc2O1. The van der Waals surface area contributed by atoms with E-state index in [4.69, 9.17) is 9.47 Å². The van der Waals surface area contributed by atoms with Crippen LogP contribution in [0.25, 0.3) is 0 Å². The number of fused-ring (bicyclic) bond motifs is 1. The van der Waals surface area contributed by atoms with E-state index in [1.54, 1.807) is 31.2 Å². The Morgan fingerprint density at radius 1 is 1.05 bits per heavy atom. The molecule has 0 radical (unpaired) electrons. The summed E-state index contributed by atoms with van der Waals surface area (Å²) in [6.07, 6.45) is 0.339. The van der Waals surface area contributed by atoms with Crippen LogP contribution in [-0.4, -0.2) is 5.97 Å². The molecule has 0 bridgehead atoms. The van der Waals surface area contributed by atoms with Gasteiger partial charge >= 0.3 is 0 Å². The van der Waals surface area contributed by atoms with Gasteiger partial charge in [-0.25, -0.2) is 0 Å². The van der Waals surface area contributed by atoms with Crippen molar-refractivity contribution >= 4 is 5.97 Å². The number of carbonyl (C=O) groups excluding carboxylic acids is 1. The number of rotatable bonds is 4. The molecule has 2 aromatic carbocycles. The van der Waals surface area contributed by atoms with E-state index in [-0.39, 0.29) is 0 Å². The third-order valence-electron chi connectivity index (χ3n) is 3.70. The summed E-state index contributed by atoms with van der Waals surface area (Å²) in [6, 6.07) is 16.3. The fourth-order valence-electron chi connectivity index (χ4n) is 2.69. The average molecular weight is 283 g/mol. The van der Waals surface area contributed by atoms with Gasteiger partial charge in [-0.15, -0.1) is 0 Å². The van der Waals surface area contributed by atoms with Gasteiger partial charge in [0.15, 0.2) is 11.5 Å². The van der Waals surface area contributed by atoms with Crippen LogP contribution in [-0.2, 0) is 10.6 Å². The maximum absolute atomic E-state index is 11.6. The number of benzene rings is 2. The van der Waals surface area contributed by atoms with Crippen molar-refractivity contribution in [1.82, 2.24) is 0 Å². The summed E-state index contributed by atoms with van der Waals surface area (Å²) in [4.78, 5) is 11.6. The molecule has 0 amide bonds. The summed E-state index contributed by atoms with van der Waals surface area (Å²) < 4.78 is 11.9. The fourth-order valence-corrected chi connectivity index (χ4v) is 2.69. The Kier molecular flexibility index (Phi) is 3.29. The predicted octanol–water partition coefficient (Wildman–Crippen LogP) is 2.09. The number of hydrogen-bond donors (Lipinski definition) is 0. The van der Waals surface area contributed by atoms with Gasteiger partial charge in [0.05, 0.1) is 11.9 Å². The fraction of sp³-hybridized carbons (Fsp3) is 0.235. The number of carboxylic acid groups (broad SMARTS) is 1. The Bertz CT molecular complexity index is 626. The van der Waals surface area contributed by atoms with Crippen molar-refractivity contribution in [3.8, 4) is 11.5 Å². The molecule has 1 aliphatic rings. The van der Waals surface area contributed by atoms with Crippen LogP contribution in [0.5, 0.6) is 11.5 Å². The number of aliphatic carboxylic acids is 1.